The minimum atomic E-state index is -4.69. The first-order valence-corrected chi connectivity index (χ1v) is 33.4. The molecule has 22 nitrogen and oxygen atoms in total. The van der Waals surface area contributed by atoms with E-state index in [0.29, 0.717) is 89.8 Å². The summed E-state index contributed by atoms with van der Waals surface area (Å²) in [5.74, 6) is 1.50. The summed E-state index contributed by atoms with van der Waals surface area (Å²) >= 11 is 0. The van der Waals surface area contributed by atoms with Crippen LogP contribution in [0.4, 0.5) is 17.2 Å². The van der Waals surface area contributed by atoms with E-state index in [-0.39, 0.29) is 27.6 Å². The molecule has 0 bridgehead atoms. The average Bonchev–Trinajstić information content (AvgIpc) is 1.87. The Kier molecular flexibility index (Phi) is 22.2. The highest BCUT2D eigenvalue weighted by molar-refractivity contribution is 7.86. The van der Waals surface area contributed by atoms with Gasteiger partial charge in [-0.05, 0) is 99.2 Å². The number of fused-ring (bicyclic) bond motifs is 3. The zero-order valence-electron chi connectivity index (χ0n) is 51.3. The number of methoxy groups -OCH3 is 1. The maximum Gasteiger partial charge on any atom is 0.294 e. The number of unbranched alkanes of at least 4 members (excludes halogenated alkanes) is 2. The Morgan fingerprint density at radius 3 is 2.23 bits per heavy atom. The van der Waals surface area contributed by atoms with Gasteiger partial charge in [0.15, 0.2) is 23.7 Å². The van der Waals surface area contributed by atoms with Gasteiger partial charge in [0.25, 0.3) is 10.1 Å². The smallest absolute Gasteiger partial charge is 0.294 e. The first-order valence-electron chi connectivity index (χ1n) is 30.6. The molecule has 6 heterocycles. The van der Waals surface area contributed by atoms with Gasteiger partial charge in [0.2, 0.25) is 17.5 Å². The number of aryl methyl sites for hydroxylation is 1. The third kappa shape index (κ3) is 16.7. The monoisotopic (exact) mass is 1250 g/mol. The molecule has 88 heavy (non-hydrogen) atoms. The molecule has 5 aromatic rings. The molecule has 24 heteroatoms. The van der Waals surface area contributed by atoms with Gasteiger partial charge in [-0.15, -0.1) is 15.3 Å². The fraction of sp³-hybridized carbons (Fsp3) is 0.500. The highest BCUT2D eigenvalue weighted by atomic mass is 32.2. The molecule has 4 aliphatic rings. The van der Waals surface area contributed by atoms with Gasteiger partial charge in [-0.1, -0.05) is 68.8 Å². The van der Waals surface area contributed by atoms with Crippen molar-refractivity contribution in [2.24, 2.45) is 0 Å². The number of likely N-dealkylation sites (tertiary alicyclic amines) is 1. The molecule has 0 saturated carbocycles. The molecule has 0 spiro atoms. The number of carbonyl (C=O) groups excluding carboxylic acids is 2. The third-order valence-corrected chi connectivity index (χ3v) is 18.8. The molecule has 3 N–H and O–H groups in total. The molecule has 0 aliphatic carbocycles. The number of nitrogens with zero attached hydrogens (tertiary/aromatic N) is 9. The summed E-state index contributed by atoms with van der Waals surface area (Å²) in [6.45, 7) is 18.8. The van der Waals surface area contributed by atoms with E-state index in [1.807, 2.05) is 76.3 Å². The van der Waals surface area contributed by atoms with Crippen molar-refractivity contribution >= 4 is 60.6 Å². The number of allylic oxidation sites excluding steroid dienone is 6. The van der Waals surface area contributed by atoms with E-state index >= 15 is 0 Å². The van der Waals surface area contributed by atoms with Crippen LogP contribution in [0.25, 0.3) is 5.65 Å². The second-order valence-corrected chi connectivity index (χ2v) is 26.7. The van der Waals surface area contributed by atoms with Crippen molar-refractivity contribution in [3.63, 3.8) is 0 Å². The number of aromatic nitrogens is 4. The van der Waals surface area contributed by atoms with Gasteiger partial charge in [0, 0.05) is 132 Å². The summed E-state index contributed by atoms with van der Waals surface area (Å²) in [6, 6.07) is 23.7. The predicted octanol–water partition coefficient (Wildman–Crippen LogP) is 6.34. The van der Waals surface area contributed by atoms with Gasteiger partial charge >= 0.3 is 0 Å². The summed E-state index contributed by atoms with van der Waals surface area (Å²) < 4.78 is 91.2. The number of amides is 2. The van der Waals surface area contributed by atoms with Crippen molar-refractivity contribution in [3.05, 3.63) is 137 Å². The fourth-order valence-electron chi connectivity index (χ4n) is 12.2. The van der Waals surface area contributed by atoms with Crippen LogP contribution >= 0.6 is 0 Å². The van der Waals surface area contributed by atoms with Crippen LogP contribution in [0.5, 0.6) is 0 Å². The average molecular weight is 1250 g/mol. The molecule has 4 aliphatic heterocycles. The SMILES string of the molecule is COCC[N+]1=C(/C=C/C=C/C=C2/N(CCCCCC(=O)NCCOCCOCCN3CCN(c4ccc5nnc(CCC(=O)NC6CCN(Cc7ccccc7)CC6)n5n4)CC3)c3ccc(S(=O)(=O)[O-])cc3C2(C)C)C(C)(C)c2cc(S(=O)(=O)O)ccc21. The highest BCUT2D eigenvalue weighted by Gasteiger charge is 2.45. The Labute approximate surface area is 517 Å². The van der Waals surface area contributed by atoms with Crippen LogP contribution in [-0.4, -0.2) is 189 Å². The van der Waals surface area contributed by atoms with Gasteiger partial charge in [-0.2, -0.15) is 17.5 Å². The fourth-order valence-corrected chi connectivity index (χ4v) is 13.2. The number of hydrogen-bond donors (Lipinski definition) is 3. The molecular formula is C64H85N11O11S2. The number of carbonyl (C=O) groups is 2. The first-order chi connectivity index (χ1) is 42.2. The summed E-state index contributed by atoms with van der Waals surface area (Å²) in [6.07, 6.45) is 14.9. The maximum atomic E-state index is 13.0. The number of piperidine rings is 1. The predicted molar refractivity (Wildman–Crippen MR) is 336 cm³/mol. The largest absolute Gasteiger partial charge is 0.744 e. The van der Waals surface area contributed by atoms with Crippen LogP contribution in [0.2, 0.25) is 0 Å². The third-order valence-electron chi connectivity index (χ3n) is 17.1. The quantitative estimate of drug-likeness (QED) is 0.0196. The lowest BCUT2D eigenvalue weighted by Crippen LogP contribution is -2.47. The van der Waals surface area contributed by atoms with Gasteiger partial charge in [0.1, 0.15) is 22.5 Å². The van der Waals surface area contributed by atoms with Crippen LogP contribution < -0.4 is 20.4 Å². The minimum Gasteiger partial charge on any atom is -0.744 e. The first kappa shape index (κ1) is 65.7. The topological polar surface area (TPSA) is 257 Å². The second-order valence-electron chi connectivity index (χ2n) is 23.9. The Morgan fingerprint density at radius 2 is 1.49 bits per heavy atom. The summed E-state index contributed by atoms with van der Waals surface area (Å²) in [7, 11) is -7.48. The molecule has 2 amide bonds. The Morgan fingerprint density at radius 1 is 0.750 bits per heavy atom. The van der Waals surface area contributed by atoms with Crippen LogP contribution in [0, 0.1) is 0 Å². The zero-order chi connectivity index (χ0) is 62.5. The van der Waals surface area contributed by atoms with E-state index in [9.17, 15) is 35.5 Å². The zero-order valence-corrected chi connectivity index (χ0v) is 52.9. The van der Waals surface area contributed by atoms with E-state index in [0.717, 1.165) is 118 Å². The van der Waals surface area contributed by atoms with Crippen molar-refractivity contribution in [3.8, 4) is 0 Å². The van der Waals surface area contributed by atoms with Crippen LogP contribution in [0.3, 0.4) is 0 Å². The highest BCUT2D eigenvalue weighted by Crippen LogP contribution is 2.49. The number of nitrogens with one attached hydrogen (secondary N) is 2. The lowest BCUT2D eigenvalue weighted by atomic mass is 9.81. The number of hydrogen-bond acceptors (Lipinski definition) is 17. The summed E-state index contributed by atoms with van der Waals surface area (Å²) in [5.41, 5.74) is 5.65. The van der Waals surface area contributed by atoms with Crippen molar-refractivity contribution in [1.29, 1.82) is 0 Å². The van der Waals surface area contributed by atoms with Crippen LogP contribution in [-0.2, 0) is 67.8 Å². The molecule has 2 aromatic heterocycles. The van der Waals surface area contributed by atoms with Crippen molar-refractivity contribution in [1.82, 2.24) is 40.2 Å². The summed E-state index contributed by atoms with van der Waals surface area (Å²) in [5, 5.41) is 19.8. The molecule has 3 aromatic carbocycles. The van der Waals surface area contributed by atoms with Gasteiger partial charge in [0.05, 0.1) is 41.6 Å². The normalized spacial score (nSPS) is 17.9. The maximum absolute atomic E-state index is 13.0. The van der Waals surface area contributed by atoms with E-state index in [1.54, 1.807) is 23.8 Å². The Hall–Kier alpha value is -6.74. The van der Waals surface area contributed by atoms with Gasteiger partial charge in [-0.3, -0.25) is 23.9 Å². The molecule has 2 saturated heterocycles. The van der Waals surface area contributed by atoms with E-state index < -0.39 is 31.1 Å². The molecule has 474 valence electrons. The Bertz CT molecular complexity index is 3590. The molecule has 2 fully saturated rings. The van der Waals surface area contributed by atoms with Gasteiger partial charge in [-0.25, -0.2) is 8.42 Å². The van der Waals surface area contributed by atoms with E-state index in [2.05, 4.69) is 69.3 Å². The van der Waals surface area contributed by atoms with Crippen LogP contribution in [0.1, 0.15) is 95.2 Å². The van der Waals surface area contributed by atoms with Crippen molar-refractivity contribution < 1.29 is 54.3 Å². The standard InChI is InChI=1S/C64H85N11O11S2/c1-63(2)52-45-50(87(78,79)80)20-22-54(52)73(56(63)17-11-7-12-18-57-64(3,4)53-46-51(88(81,82)83)21-23-55(53)74(57)39-41-84-5)31-14-8-13-19-61(76)65-30-40-85-43-44-86-42-38-70-34-36-72(37-35-70)60-25-24-58-67-68-59(75(58)69-60)26-27-62(77)66-49-28-32-71(33-29-49)47-48-15-9-6-10-16-48/h6-7,9-12,15-18,20-25,45-46,49H,8,13-14,19,26-44,47H2,1-5H3,(H3-,65,66,76,77,78,79,80,81,82,83). The number of rotatable bonds is 30. The second kappa shape index (κ2) is 29.7. The Balaban J connectivity index is 0.648. The molecular weight excluding hydrogens is 1160 g/mol. The lowest BCUT2D eigenvalue weighted by Gasteiger charge is -2.35. The number of anilines is 2. The number of benzene rings is 3. The van der Waals surface area contributed by atoms with Gasteiger partial charge < -0.3 is 39.2 Å². The lowest BCUT2D eigenvalue weighted by molar-refractivity contribution is -0.441. The molecule has 0 unspecified atom stereocenters. The van der Waals surface area contributed by atoms with E-state index in [1.165, 1.54) is 29.8 Å². The number of ether oxygens (including phenoxy) is 3. The van der Waals surface area contributed by atoms with E-state index in [4.69, 9.17) is 19.3 Å². The van der Waals surface area contributed by atoms with Crippen molar-refractivity contribution in [2.75, 3.05) is 115 Å². The number of piperazine rings is 1. The molecule has 0 atom stereocenters. The summed E-state index contributed by atoms with van der Waals surface area (Å²) in [4.78, 5) is 34.5. The van der Waals surface area contributed by atoms with Crippen LogP contribution in [0.15, 0.2) is 125 Å². The van der Waals surface area contributed by atoms with Crippen molar-refractivity contribution in [2.45, 2.75) is 112 Å². The molecule has 0 radical (unpaired) electrons. The molecule has 9 rings (SSSR count). The minimum absolute atomic E-state index is 0.0280.